The third kappa shape index (κ3) is 3.97. The molecule has 0 spiro atoms. The lowest BCUT2D eigenvalue weighted by Crippen LogP contribution is -2.38. The van der Waals surface area contributed by atoms with Crippen LogP contribution in [0.5, 0.6) is 5.75 Å². The largest absolute Gasteiger partial charge is 0.496 e. The summed E-state index contributed by atoms with van der Waals surface area (Å²) in [6.07, 6.45) is 0. The SMILES string of the molecule is COc1cc(CN(C)C(C)C(C)(C)C)ccc1C(=O)O. The van der Waals surface area contributed by atoms with Crippen LogP contribution >= 0.6 is 0 Å². The lowest BCUT2D eigenvalue weighted by molar-refractivity contribution is 0.0693. The third-order valence-electron chi connectivity index (χ3n) is 3.84. The van der Waals surface area contributed by atoms with E-state index in [-0.39, 0.29) is 11.0 Å². The maximum atomic E-state index is 11.1. The van der Waals surface area contributed by atoms with E-state index in [4.69, 9.17) is 9.84 Å². The van der Waals surface area contributed by atoms with Crippen LogP contribution in [0.4, 0.5) is 0 Å². The first-order valence-corrected chi connectivity index (χ1v) is 6.77. The van der Waals surface area contributed by atoms with Crippen molar-refractivity contribution in [3.63, 3.8) is 0 Å². The fraction of sp³-hybridized carbons (Fsp3) is 0.562. The van der Waals surface area contributed by atoms with Gasteiger partial charge < -0.3 is 9.84 Å². The van der Waals surface area contributed by atoms with Crippen molar-refractivity contribution >= 4 is 5.97 Å². The molecular formula is C16H25NO3. The van der Waals surface area contributed by atoms with Crippen molar-refractivity contribution in [3.05, 3.63) is 29.3 Å². The molecule has 0 saturated carbocycles. The fourth-order valence-corrected chi connectivity index (χ4v) is 2.10. The molecule has 0 amide bonds. The third-order valence-corrected chi connectivity index (χ3v) is 3.84. The van der Waals surface area contributed by atoms with E-state index in [0.717, 1.165) is 12.1 Å². The highest BCUT2D eigenvalue weighted by atomic mass is 16.5. The van der Waals surface area contributed by atoms with Crippen LogP contribution in [0.2, 0.25) is 0 Å². The summed E-state index contributed by atoms with van der Waals surface area (Å²) in [5.41, 5.74) is 1.44. The summed E-state index contributed by atoms with van der Waals surface area (Å²) in [5.74, 6) is -0.559. The van der Waals surface area contributed by atoms with Gasteiger partial charge in [-0.1, -0.05) is 26.8 Å². The molecule has 0 heterocycles. The molecule has 0 fully saturated rings. The minimum Gasteiger partial charge on any atom is -0.496 e. The number of ether oxygens (including phenoxy) is 1. The van der Waals surface area contributed by atoms with Crippen LogP contribution in [0, 0.1) is 5.41 Å². The summed E-state index contributed by atoms with van der Waals surface area (Å²) in [7, 11) is 3.57. The number of carboxylic acids is 1. The Morgan fingerprint density at radius 2 is 2.00 bits per heavy atom. The Morgan fingerprint density at radius 3 is 2.45 bits per heavy atom. The molecule has 1 unspecified atom stereocenters. The number of aromatic carboxylic acids is 1. The number of methoxy groups -OCH3 is 1. The van der Waals surface area contributed by atoms with Gasteiger partial charge in [-0.15, -0.1) is 0 Å². The Morgan fingerprint density at radius 1 is 1.40 bits per heavy atom. The summed E-state index contributed by atoms with van der Waals surface area (Å²) in [6, 6.07) is 5.66. The van der Waals surface area contributed by atoms with Crippen molar-refractivity contribution in [2.45, 2.75) is 40.3 Å². The minimum absolute atomic E-state index is 0.194. The summed E-state index contributed by atoms with van der Waals surface area (Å²) in [4.78, 5) is 13.3. The topological polar surface area (TPSA) is 49.8 Å². The lowest BCUT2D eigenvalue weighted by atomic mass is 9.87. The van der Waals surface area contributed by atoms with E-state index in [9.17, 15) is 4.79 Å². The molecule has 0 saturated heterocycles. The number of carbonyl (C=O) groups is 1. The lowest BCUT2D eigenvalue weighted by Gasteiger charge is -2.35. The van der Waals surface area contributed by atoms with Gasteiger partial charge in [0.25, 0.3) is 0 Å². The normalized spacial score (nSPS) is 13.3. The van der Waals surface area contributed by atoms with Gasteiger partial charge in [-0.3, -0.25) is 4.90 Å². The Hall–Kier alpha value is -1.55. The van der Waals surface area contributed by atoms with Gasteiger partial charge in [-0.25, -0.2) is 4.79 Å². The molecule has 4 heteroatoms. The van der Waals surface area contributed by atoms with Crippen LogP contribution in [-0.2, 0) is 6.54 Å². The molecule has 0 aliphatic heterocycles. The highest BCUT2D eigenvalue weighted by Gasteiger charge is 2.24. The molecule has 1 aromatic carbocycles. The summed E-state index contributed by atoms with van der Waals surface area (Å²) in [5, 5.41) is 9.07. The maximum absolute atomic E-state index is 11.1. The first kappa shape index (κ1) is 16.5. The average molecular weight is 279 g/mol. The Bertz CT molecular complexity index is 477. The monoisotopic (exact) mass is 279 g/mol. The minimum atomic E-state index is -0.968. The maximum Gasteiger partial charge on any atom is 0.339 e. The van der Waals surface area contributed by atoms with Crippen molar-refractivity contribution in [2.75, 3.05) is 14.2 Å². The fourth-order valence-electron chi connectivity index (χ4n) is 2.10. The van der Waals surface area contributed by atoms with Crippen LogP contribution in [0.1, 0.15) is 43.6 Å². The zero-order valence-electron chi connectivity index (χ0n) is 13.2. The molecule has 1 N–H and O–H groups in total. The second kappa shape index (κ2) is 6.27. The highest BCUT2D eigenvalue weighted by Crippen LogP contribution is 2.26. The van der Waals surface area contributed by atoms with Gasteiger partial charge in [0.1, 0.15) is 11.3 Å². The van der Waals surface area contributed by atoms with Crippen LogP contribution in [0.15, 0.2) is 18.2 Å². The van der Waals surface area contributed by atoms with E-state index in [1.807, 2.05) is 6.07 Å². The molecule has 4 nitrogen and oxygen atoms in total. The standard InChI is InChI=1S/C16H25NO3/c1-11(16(2,3)4)17(5)10-12-7-8-13(15(18)19)14(9-12)20-6/h7-9,11H,10H2,1-6H3,(H,18,19). The predicted molar refractivity (Wildman–Crippen MR) is 80.3 cm³/mol. The molecular weight excluding hydrogens is 254 g/mol. The molecule has 1 aromatic rings. The number of hydrogen-bond acceptors (Lipinski definition) is 3. The van der Waals surface area contributed by atoms with E-state index in [2.05, 4.69) is 39.6 Å². The van der Waals surface area contributed by atoms with E-state index in [1.165, 1.54) is 7.11 Å². The zero-order valence-corrected chi connectivity index (χ0v) is 13.2. The van der Waals surface area contributed by atoms with Gasteiger partial charge in [0, 0.05) is 12.6 Å². The summed E-state index contributed by atoms with van der Waals surface area (Å²) >= 11 is 0. The van der Waals surface area contributed by atoms with E-state index in [0.29, 0.717) is 11.8 Å². The van der Waals surface area contributed by atoms with E-state index < -0.39 is 5.97 Å². The Kier molecular flexibility index (Phi) is 5.17. The molecule has 0 aromatic heterocycles. The molecule has 0 aliphatic carbocycles. The quantitative estimate of drug-likeness (QED) is 0.898. The Labute approximate surface area is 121 Å². The molecule has 0 bridgehead atoms. The van der Waals surface area contributed by atoms with Crippen molar-refractivity contribution < 1.29 is 14.6 Å². The number of hydrogen-bond donors (Lipinski definition) is 1. The second-order valence-corrected chi connectivity index (χ2v) is 6.30. The summed E-state index contributed by atoms with van der Waals surface area (Å²) in [6.45, 7) is 9.59. The van der Waals surface area contributed by atoms with Gasteiger partial charge in [0.2, 0.25) is 0 Å². The number of nitrogens with zero attached hydrogens (tertiary/aromatic N) is 1. The van der Waals surface area contributed by atoms with E-state index >= 15 is 0 Å². The van der Waals surface area contributed by atoms with Gasteiger partial charge in [0.15, 0.2) is 0 Å². The van der Waals surface area contributed by atoms with Crippen LogP contribution < -0.4 is 4.74 Å². The van der Waals surface area contributed by atoms with Crippen molar-refractivity contribution in [3.8, 4) is 5.75 Å². The smallest absolute Gasteiger partial charge is 0.339 e. The van der Waals surface area contributed by atoms with Gasteiger partial charge in [-0.2, -0.15) is 0 Å². The highest BCUT2D eigenvalue weighted by molar-refractivity contribution is 5.90. The van der Waals surface area contributed by atoms with Crippen molar-refractivity contribution in [2.24, 2.45) is 5.41 Å². The van der Waals surface area contributed by atoms with Crippen LogP contribution in [0.25, 0.3) is 0 Å². The van der Waals surface area contributed by atoms with Gasteiger partial charge >= 0.3 is 5.97 Å². The van der Waals surface area contributed by atoms with Gasteiger partial charge in [-0.05, 0) is 37.1 Å². The molecule has 1 atom stereocenters. The second-order valence-electron chi connectivity index (χ2n) is 6.30. The first-order chi connectivity index (χ1) is 9.16. The summed E-state index contributed by atoms with van der Waals surface area (Å²) < 4.78 is 5.16. The zero-order chi connectivity index (χ0) is 15.5. The predicted octanol–water partition coefficient (Wildman–Crippen LogP) is 3.26. The molecule has 0 aliphatic rings. The molecule has 112 valence electrons. The molecule has 1 rings (SSSR count). The van der Waals surface area contributed by atoms with Crippen molar-refractivity contribution in [1.29, 1.82) is 0 Å². The number of benzene rings is 1. The Balaban J connectivity index is 2.91. The number of rotatable bonds is 5. The van der Waals surface area contributed by atoms with Gasteiger partial charge in [0.05, 0.1) is 7.11 Å². The molecule has 20 heavy (non-hydrogen) atoms. The average Bonchev–Trinajstić information content (AvgIpc) is 2.36. The first-order valence-electron chi connectivity index (χ1n) is 6.77. The number of carboxylic acid groups (broad SMARTS) is 1. The van der Waals surface area contributed by atoms with Crippen LogP contribution in [0.3, 0.4) is 0 Å². The van der Waals surface area contributed by atoms with E-state index in [1.54, 1.807) is 12.1 Å². The van der Waals surface area contributed by atoms with Crippen molar-refractivity contribution in [1.82, 2.24) is 4.90 Å². The van der Waals surface area contributed by atoms with Crippen LogP contribution in [-0.4, -0.2) is 36.2 Å². The molecule has 0 radical (unpaired) electrons.